The summed E-state index contributed by atoms with van der Waals surface area (Å²) in [7, 11) is 0. The summed E-state index contributed by atoms with van der Waals surface area (Å²) in [4.78, 5) is 14.3. The predicted octanol–water partition coefficient (Wildman–Crippen LogP) is 1.92. The first kappa shape index (κ1) is 10.8. The molecule has 1 aromatic carbocycles. The molecule has 1 N–H and O–H groups in total. The molecular formula is C14H18N2O. The van der Waals surface area contributed by atoms with Gasteiger partial charge in [0.05, 0.1) is 6.67 Å². The maximum Gasteiger partial charge on any atom is 0.245 e. The van der Waals surface area contributed by atoms with Gasteiger partial charge in [-0.3, -0.25) is 10.1 Å². The van der Waals surface area contributed by atoms with Crippen LogP contribution in [-0.2, 0) is 4.79 Å². The van der Waals surface area contributed by atoms with Gasteiger partial charge in [-0.2, -0.15) is 0 Å². The standard InChI is InChI=1S/C14H18N2O/c1-10(11-7-8-11)16-9-15-13(14(16)17)12-5-3-2-4-6-12/h2-6,10-11,13,15H,7-9H2,1H3. The van der Waals surface area contributed by atoms with Gasteiger partial charge < -0.3 is 4.90 Å². The maximum atomic E-state index is 12.3. The van der Waals surface area contributed by atoms with Gasteiger partial charge in [-0.1, -0.05) is 30.3 Å². The van der Waals surface area contributed by atoms with E-state index in [1.807, 2.05) is 35.2 Å². The Kier molecular flexibility index (Phi) is 2.63. The molecular weight excluding hydrogens is 212 g/mol. The highest BCUT2D eigenvalue weighted by atomic mass is 16.2. The Bertz CT molecular complexity index is 413. The molecule has 1 heterocycles. The zero-order valence-electron chi connectivity index (χ0n) is 10.1. The molecule has 3 rings (SSSR count). The normalized spacial score (nSPS) is 26.3. The van der Waals surface area contributed by atoms with Gasteiger partial charge in [-0.05, 0) is 31.2 Å². The average molecular weight is 230 g/mol. The number of hydrogen-bond acceptors (Lipinski definition) is 2. The lowest BCUT2D eigenvalue weighted by Gasteiger charge is -2.23. The highest BCUT2D eigenvalue weighted by molar-refractivity contribution is 5.85. The summed E-state index contributed by atoms with van der Waals surface area (Å²) in [5, 5.41) is 3.31. The molecule has 1 amide bonds. The molecule has 1 aliphatic carbocycles. The van der Waals surface area contributed by atoms with Crippen LogP contribution in [0.25, 0.3) is 0 Å². The van der Waals surface area contributed by atoms with Gasteiger partial charge in [-0.25, -0.2) is 0 Å². The summed E-state index contributed by atoms with van der Waals surface area (Å²) in [5.74, 6) is 0.964. The Balaban J connectivity index is 1.75. The third kappa shape index (κ3) is 1.95. The highest BCUT2D eigenvalue weighted by Gasteiger charge is 2.40. The molecule has 0 radical (unpaired) electrons. The van der Waals surface area contributed by atoms with E-state index in [1.165, 1.54) is 12.8 Å². The summed E-state index contributed by atoms with van der Waals surface area (Å²) in [5.41, 5.74) is 1.07. The minimum absolute atomic E-state index is 0.141. The van der Waals surface area contributed by atoms with Gasteiger partial charge in [0.25, 0.3) is 0 Å². The molecule has 0 bridgehead atoms. The van der Waals surface area contributed by atoms with Crippen molar-refractivity contribution in [1.82, 2.24) is 10.2 Å². The van der Waals surface area contributed by atoms with E-state index >= 15 is 0 Å². The molecule has 1 saturated heterocycles. The number of nitrogens with zero attached hydrogens (tertiary/aromatic N) is 1. The number of benzene rings is 1. The topological polar surface area (TPSA) is 32.3 Å². The van der Waals surface area contributed by atoms with Crippen molar-refractivity contribution in [3.63, 3.8) is 0 Å². The molecule has 1 aromatic rings. The zero-order chi connectivity index (χ0) is 11.8. The molecule has 2 fully saturated rings. The van der Waals surface area contributed by atoms with Crippen LogP contribution >= 0.6 is 0 Å². The number of carbonyl (C=O) groups excluding carboxylic acids is 1. The fraction of sp³-hybridized carbons (Fsp3) is 0.500. The van der Waals surface area contributed by atoms with Crippen LogP contribution in [0.5, 0.6) is 0 Å². The smallest absolute Gasteiger partial charge is 0.245 e. The van der Waals surface area contributed by atoms with E-state index in [0.29, 0.717) is 12.7 Å². The molecule has 1 saturated carbocycles. The second-order valence-electron chi connectivity index (χ2n) is 5.09. The maximum absolute atomic E-state index is 12.3. The van der Waals surface area contributed by atoms with Crippen molar-refractivity contribution < 1.29 is 4.79 Å². The first-order valence-corrected chi connectivity index (χ1v) is 6.36. The molecule has 2 unspecified atom stereocenters. The minimum atomic E-state index is -0.141. The van der Waals surface area contributed by atoms with E-state index in [1.54, 1.807) is 0 Å². The Morgan fingerprint density at radius 3 is 2.65 bits per heavy atom. The van der Waals surface area contributed by atoms with Crippen LogP contribution in [0.1, 0.15) is 31.4 Å². The van der Waals surface area contributed by atoms with Gasteiger partial charge in [-0.15, -0.1) is 0 Å². The van der Waals surface area contributed by atoms with Crippen LogP contribution in [0.4, 0.5) is 0 Å². The van der Waals surface area contributed by atoms with Crippen LogP contribution < -0.4 is 5.32 Å². The summed E-state index contributed by atoms with van der Waals surface area (Å²) in [6.45, 7) is 2.86. The highest BCUT2D eigenvalue weighted by Crippen LogP contribution is 2.36. The van der Waals surface area contributed by atoms with E-state index in [4.69, 9.17) is 0 Å². The largest absolute Gasteiger partial charge is 0.325 e. The van der Waals surface area contributed by atoms with Crippen molar-refractivity contribution in [2.24, 2.45) is 5.92 Å². The summed E-state index contributed by atoms with van der Waals surface area (Å²) in [6, 6.07) is 10.2. The quantitative estimate of drug-likeness (QED) is 0.860. The van der Waals surface area contributed by atoms with Crippen molar-refractivity contribution in [3.8, 4) is 0 Å². The number of rotatable bonds is 3. The second-order valence-corrected chi connectivity index (χ2v) is 5.09. The molecule has 17 heavy (non-hydrogen) atoms. The lowest BCUT2D eigenvalue weighted by Crippen LogP contribution is -2.36. The molecule has 0 spiro atoms. The van der Waals surface area contributed by atoms with Crippen molar-refractivity contribution in [2.75, 3.05) is 6.67 Å². The van der Waals surface area contributed by atoms with Crippen LogP contribution in [-0.4, -0.2) is 23.5 Å². The van der Waals surface area contributed by atoms with Crippen LogP contribution in [0.15, 0.2) is 30.3 Å². The summed E-state index contributed by atoms with van der Waals surface area (Å²) < 4.78 is 0. The Hall–Kier alpha value is -1.35. The van der Waals surface area contributed by atoms with Crippen LogP contribution in [0, 0.1) is 5.92 Å². The fourth-order valence-electron chi connectivity index (χ4n) is 2.60. The third-order valence-corrected chi connectivity index (χ3v) is 3.92. The lowest BCUT2D eigenvalue weighted by molar-refractivity contribution is -0.131. The van der Waals surface area contributed by atoms with E-state index < -0.39 is 0 Å². The van der Waals surface area contributed by atoms with Gasteiger partial charge in [0.2, 0.25) is 5.91 Å². The molecule has 3 nitrogen and oxygen atoms in total. The third-order valence-electron chi connectivity index (χ3n) is 3.92. The zero-order valence-corrected chi connectivity index (χ0v) is 10.1. The van der Waals surface area contributed by atoms with Crippen LogP contribution in [0.3, 0.4) is 0 Å². The van der Waals surface area contributed by atoms with Crippen molar-refractivity contribution >= 4 is 5.91 Å². The lowest BCUT2D eigenvalue weighted by atomic mass is 10.1. The van der Waals surface area contributed by atoms with E-state index in [0.717, 1.165) is 11.5 Å². The molecule has 0 aromatic heterocycles. The fourth-order valence-corrected chi connectivity index (χ4v) is 2.60. The molecule has 1 aliphatic heterocycles. The Morgan fingerprint density at radius 2 is 2.00 bits per heavy atom. The Morgan fingerprint density at radius 1 is 1.29 bits per heavy atom. The summed E-state index contributed by atoms with van der Waals surface area (Å²) >= 11 is 0. The number of nitrogens with one attached hydrogen (secondary N) is 1. The van der Waals surface area contributed by atoms with Crippen molar-refractivity contribution in [2.45, 2.75) is 31.8 Å². The number of hydrogen-bond donors (Lipinski definition) is 1. The molecule has 2 atom stereocenters. The van der Waals surface area contributed by atoms with E-state index in [2.05, 4.69) is 12.2 Å². The predicted molar refractivity (Wildman–Crippen MR) is 66.2 cm³/mol. The molecule has 3 heteroatoms. The van der Waals surface area contributed by atoms with Crippen molar-refractivity contribution in [1.29, 1.82) is 0 Å². The van der Waals surface area contributed by atoms with Gasteiger partial charge in [0.15, 0.2) is 0 Å². The van der Waals surface area contributed by atoms with Gasteiger partial charge in [0, 0.05) is 6.04 Å². The average Bonchev–Trinajstić information content (AvgIpc) is 3.13. The molecule has 90 valence electrons. The van der Waals surface area contributed by atoms with Gasteiger partial charge in [0.1, 0.15) is 6.04 Å². The van der Waals surface area contributed by atoms with E-state index in [9.17, 15) is 4.79 Å². The number of carbonyl (C=O) groups is 1. The number of amides is 1. The summed E-state index contributed by atoms with van der Waals surface area (Å²) in [6.07, 6.45) is 2.56. The SMILES string of the molecule is CC(C1CC1)N1CNC(c2ccccc2)C1=O. The first-order chi connectivity index (χ1) is 8.27. The monoisotopic (exact) mass is 230 g/mol. The minimum Gasteiger partial charge on any atom is -0.325 e. The van der Waals surface area contributed by atoms with Crippen LogP contribution in [0.2, 0.25) is 0 Å². The van der Waals surface area contributed by atoms with Gasteiger partial charge >= 0.3 is 0 Å². The van der Waals surface area contributed by atoms with E-state index in [-0.39, 0.29) is 11.9 Å². The Labute approximate surface area is 102 Å². The molecule has 2 aliphatic rings. The first-order valence-electron chi connectivity index (χ1n) is 6.36. The van der Waals surface area contributed by atoms with Crippen molar-refractivity contribution in [3.05, 3.63) is 35.9 Å². The second kappa shape index (κ2) is 4.15.